The molecule has 0 aliphatic carbocycles. The van der Waals surface area contributed by atoms with Crippen LogP contribution in [-0.4, -0.2) is 37.2 Å². The molecule has 0 heterocycles. The predicted octanol–water partition coefficient (Wildman–Crippen LogP) is 19.3. The Balaban J connectivity index is 4.36. The summed E-state index contributed by atoms with van der Waals surface area (Å²) in [5, 5.41) is 0. The van der Waals surface area contributed by atoms with Gasteiger partial charge in [0, 0.05) is 19.3 Å². The molecule has 1 unspecified atom stereocenters. The minimum absolute atomic E-state index is 0.126. The second-order valence-corrected chi connectivity index (χ2v) is 17.7. The first-order valence-corrected chi connectivity index (χ1v) is 28.3. The number of allylic oxidation sites excluding steroid dienone is 30. The normalized spacial score (nSPS) is 13.5. The average molecular weight is 1000 g/mol. The van der Waals surface area contributed by atoms with Gasteiger partial charge in [0.2, 0.25) is 0 Å². The average Bonchev–Trinajstić information content (AvgIpc) is 3.39. The van der Waals surface area contributed by atoms with E-state index in [1.807, 2.05) is 0 Å². The number of rotatable bonds is 48. The zero-order valence-electron chi connectivity index (χ0n) is 46.1. The van der Waals surface area contributed by atoms with Crippen LogP contribution in [0, 0.1) is 0 Å². The molecular formula is C67H100O6. The van der Waals surface area contributed by atoms with Gasteiger partial charge < -0.3 is 14.2 Å². The van der Waals surface area contributed by atoms with E-state index in [4.69, 9.17) is 14.2 Å². The van der Waals surface area contributed by atoms with Gasteiger partial charge in [-0.2, -0.15) is 0 Å². The largest absolute Gasteiger partial charge is 0.462 e. The predicted molar refractivity (Wildman–Crippen MR) is 315 cm³/mol. The Hall–Kier alpha value is -5.49. The van der Waals surface area contributed by atoms with Crippen molar-refractivity contribution < 1.29 is 28.6 Å². The van der Waals surface area contributed by atoms with Crippen molar-refractivity contribution in [3.05, 3.63) is 182 Å². The van der Waals surface area contributed by atoms with Gasteiger partial charge in [-0.05, 0) is 135 Å². The monoisotopic (exact) mass is 1000 g/mol. The Kier molecular flexibility index (Phi) is 54.6. The molecule has 0 saturated carbocycles. The maximum atomic E-state index is 12.8. The Morgan fingerprint density at radius 2 is 0.548 bits per heavy atom. The summed E-state index contributed by atoms with van der Waals surface area (Å²) < 4.78 is 16.6. The molecule has 73 heavy (non-hydrogen) atoms. The fraction of sp³-hybridized carbons (Fsp3) is 0.507. The fourth-order valence-corrected chi connectivity index (χ4v) is 6.74. The molecule has 1 atom stereocenters. The van der Waals surface area contributed by atoms with Crippen LogP contribution < -0.4 is 0 Å². The van der Waals surface area contributed by atoms with Crippen molar-refractivity contribution in [2.75, 3.05) is 13.2 Å². The smallest absolute Gasteiger partial charge is 0.306 e. The number of carbonyl (C=O) groups excluding carboxylic acids is 3. The zero-order valence-corrected chi connectivity index (χ0v) is 46.1. The molecule has 0 amide bonds. The molecule has 6 nitrogen and oxygen atoms in total. The van der Waals surface area contributed by atoms with Crippen LogP contribution in [0.15, 0.2) is 182 Å². The standard InChI is InChI=1S/C67H100O6/c1-4-7-10-13-15-17-19-21-23-25-27-29-31-32-33-34-36-37-39-41-43-45-47-49-51-54-57-60-66(69)72-63-64(62-71-65(68)59-56-53-12-9-6-3)73-67(70)61-58-55-52-50-48-46-44-42-40-38-35-30-28-26-24-22-20-18-16-14-11-8-5-2/h7-8,10-11,15-18,21-24,27-30,32-33,36-38,40-41,43-44,46-47,49-50,52,64H,4-6,9,12-14,19-20,25-26,31,34-35,39,42,45,48,51,53-63H2,1-3H3/b10-7-,11-8-,17-15-,18-16-,23-21-,24-22-,29-27-,30-28-,33-32-,37-36-,40-38-,43-41-,46-44-,49-47-,52-50-. The molecule has 0 bridgehead atoms. The van der Waals surface area contributed by atoms with Gasteiger partial charge in [-0.15, -0.1) is 0 Å². The van der Waals surface area contributed by atoms with Gasteiger partial charge in [-0.1, -0.05) is 229 Å². The Bertz CT molecular complexity index is 1770. The van der Waals surface area contributed by atoms with E-state index in [0.29, 0.717) is 19.3 Å². The van der Waals surface area contributed by atoms with Crippen LogP contribution >= 0.6 is 0 Å². The number of hydrogen-bond acceptors (Lipinski definition) is 6. The molecule has 0 aromatic carbocycles. The van der Waals surface area contributed by atoms with E-state index in [1.54, 1.807) is 0 Å². The minimum atomic E-state index is -0.834. The lowest BCUT2D eigenvalue weighted by Crippen LogP contribution is -2.30. The van der Waals surface area contributed by atoms with Gasteiger partial charge in [0.05, 0.1) is 0 Å². The third-order valence-electron chi connectivity index (χ3n) is 10.9. The number of ether oxygens (including phenoxy) is 3. The summed E-state index contributed by atoms with van der Waals surface area (Å²) in [4.78, 5) is 37.8. The maximum Gasteiger partial charge on any atom is 0.306 e. The number of unbranched alkanes of at least 4 members (excludes halogenated alkanes) is 7. The van der Waals surface area contributed by atoms with Crippen molar-refractivity contribution in [3.63, 3.8) is 0 Å². The number of carbonyl (C=O) groups is 3. The molecule has 0 saturated heterocycles. The topological polar surface area (TPSA) is 78.9 Å². The molecule has 0 aliphatic heterocycles. The molecule has 0 aliphatic rings. The molecule has 0 N–H and O–H groups in total. The third-order valence-corrected chi connectivity index (χ3v) is 10.9. The quantitative estimate of drug-likeness (QED) is 0.0262. The Morgan fingerprint density at radius 1 is 0.288 bits per heavy atom. The summed E-state index contributed by atoms with van der Waals surface area (Å²) in [5.41, 5.74) is 0. The first kappa shape index (κ1) is 67.5. The molecule has 0 aromatic rings. The highest BCUT2D eigenvalue weighted by molar-refractivity contribution is 5.71. The Labute approximate surface area is 446 Å². The van der Waals surface area contributed by atoms with E-state index in [1.165, 1.54) is 0 Å². The summed E-state index contributed by atoms with van der Waals surface area (Å²) in [5.74, 6) is -1.06. The molecule has 6 heteroatoms. The number of hydrogen-bond donors (Lipinski definition) is 0. The molecule has 0 rings (SSSR count). The van der Waals surface area contributed by atoms with Crippen LogP contribution in [0.4, 0.5) is 0 Å². The van der Waals surface area contributed by atoms with Gasteiger partial charge in [0.15, 0.2) is 6.10 Å². The van der Waals surface area contributed by atoms with Gasteiger partial charge in [0.25, 0.3) is 0 Å². The van der Waals surface area contributed by atoms with Crippen molar-refractivity contribution >= 4 is 17.9 Å². The van der Waals surface area contributed by atoms with E-state index >= 15 is 0 Å². The van der Waals surface area contributed by atoms with E-state index in [2.05, 4.69) is 203 Å². The summed E-state index contributed by atoms with van der Waals surface area (Å²) in [6.07, 6.45) is 89.3. The summed E-state index contributed by atoms with van der Waals surface area (Å²) in [6, 6.07) is 0. The second-order valence-electron chi connectivity index (χ2n) is 17.7. The van der Waals surface area contributed by atoms with Crippen molar-refractivity contribution in [3.8, 4) is 0 Å². The molecular weight excluding hydrogens is 901 g/mol. The van der Waals surface area contributed by atoms with Crippen LogP contribution in [0.1, 0.15) is 201 Å². The van der Waals surface area contributed by atoms with Crippen molar-refractivity contribution in [1.29, 1.82) is 0 Å². The third kappa shape index (κ3) is 57.3. The van der Waals surface area contributed by atoms with Gasteiger partial charge >= 0.3 is 17.9 Å². The second kappa shape index (κ2) is 59.1. The molecule has 0 aromatic heterocycles. The zero-order chi connectivity index (χ0) is 52.9. The van der Waals surface area contributed by atoms with E-state index < -0.39 is 12.1 Å². The van der Waals surface area contributed by atoms with Crippen LogP contribution in [0.5, 0.6) is 0 Å². The highest BCUT2D eigenvalue weighted by Gasteiger charge is 2.19. The number of esters is 3. The van der Waals surface area contributed by atoms with Gasteiger partial charge in [0.1, 0.15) is 13.2 Å². The van der Waals surface area contributed by atoms with Crippen molar-refractivity contribution in [2.45, 2.75) is 207 Å². The minimum Gasteiger partial charge on any atom is -0.462 e. The van der Waals surface area contributed by atoms with Crippen LogP contribution in [-0.2, 0) is 28.6 Å². The highest BCUT2D eigenvalue weighted by atomic mass is 16.6. The van der Waals surface area contributed by atoms with E-state index in [0.717, 1.165) is 148 Å². The van der Waals surface area contributed by atoms with Gasteiger partial charge in [-0.25, -0.2) is 0 Å². The van der Waals surface area contributed by atoms with Crippen LogP contribution in [0.2, 0.25) is 0 Å². The lowest BCUT2D eigenvalue weighted by molar-refractivity contribution is -0.167. The fourth-order valence-electron chi connectivity index (χ4n) is 6.74. The highest BCUT2D eigenvalue weighted by Crippen LogP contribution is 2.10. The SMILES string of the molecule is CC/C=C\C/C=C\C/C=C\C/C=C\C/C=C\C/C=C\C/C=C\C/C=C\CCCCC(=O)OCC(COC(=O)CCCCCCC)OC(=O)CCC/C=C\C/C=C\C/C=C\C/C=C\C/C=C\C/C=C\C/C=C\CC. The molecule has 0 spiro atoms. The van der Waals surface area contributed by atoms with Gasteiger partial charge in [-0.3, -0.25) is 14.4 Å². The lowest BCUT2D eigenvalue weighted by atomic mass is 10.1. The van der Waals surface area contributed by atoms with Crippen molar-refractivity contribution in [2.24, 2.45) is 0 Å². The van der Waals surface area contributed by atoms with E-state index in [9.17, 15) is 14.4 Å². The maximum absolute atomic E-state index is 12.8. The van der Waals surface area contributed by atoms with Crippen molar-refractivity contribution in [1.82, 2.24) is 0 Å². The first-order valence-electron chi connectivity index (χ1n) is 28.3. The first-order chi connectivity index (χ1) is 36.0. The summed E-state index contributed by atoms with van der Waals surface area (Å²) >= 11 is 0. The Morgan fingerprint density at radius 3 is 0.863 bits per heavy atom. The van der Waals surface area contributed by atoms with Crippen LogP contribution in [0.3, 0.4) is 0 Å². The summed E-state index contributed by atoms with van der Waals surface area (Å²) in [6.45, 7) is 6.20. The lowest BCUT2D eigenvalue weighted by Gasteiger charge is -2.18. The molecule has 0 radical (unpaired) electrons. The molecule has 0 fully saturated rings. The van der Waals surface area contributed by atoms with E-state index in [-0.39, 0.29) is 38.0 Å². The van der Waals surface area contributed by atoms with Crippen LogP contribution in [0.25, 0.3) is 0 Å². The summed E-state index contributed by atoms with van der Waals surface area (Å²) in [7, 11) is 0. The molecule has 404 valence electrons.